The maximum absolute atomic E-state index is 13.9. The molecule has 0 saturated heterocycles. The van der Waals surface area contributed by atoms with Crippen LogP contribution in [0.15, 0.2) is 78.9 Å². The van der Waals surface area contributed by atoms with E-state index in [1.807, 2.05) is 60.7 Å². The van der Waals surface area contributed by atoms with Gasteiger partial charge in [0.1, 0.15) is 0 Å². The third kappa shape index (κ3) is 4.77. The lowest BCUT2D eigenvalue weighted by Crippen LogP contribution is -2.28. The number of carbonyl (C=O) groups excluding carboxylic acids is 1. The summed E-state index contributed by atoms with van der Waals surface area (Å²) in [6, 6.07) is 24.8. The highest BCUT2D eigenvalue weighted by Gasteiger charge is 2.20. The van der Waals surface area contributed by atoms with Gasteiger partial charge in [0.15, 0.2) is 11.6 Å². The van der Waals surface area contributed by atoms with Crippen molar-refractivity contribution in [3.8, 4) is 5.75 Å². The fourth-order valence-electron chi connectivity index (χ4n) is 3.30. The maximum Gasteiger partial charge on any atom is 0.223 e. The molecule has 3 nitrogen and oxygen atoms in total. The molecule has 3 aromatic carbocycles. The number of carbonyl (C=O) groups is 1. The van der Waals surface area contributed by atoms with Crippen molar-refractivity contribution in [3.63, 3.8) is 0 Å². The van der Waals surface area contributed by atoms with Crippen molar-refractivity contribution in [1.82, 2.24) is 4.90 Å². The third-order valence-corrected chi connectivity index (χ3v) is 4.84. The quantitative estimate of drug-likeness (QED) is 0.579. The van der Waals surface area contributed by atoms with Crippen molar-refractivity contribution in [2.45, 2.75) is 18.9 Å². The summed E-state index contributed by atoms with van der Waals surface area (Å²) in [7, 11) is 3.18. The van der Waals surface area contributed by atoms with Gasteiger partial charge in [-0.3, -0.25) is 4.79 Å². The van der Waals surface area contributed by atoms with Crippen molar-refractivity contribution in [2.24, 2.45) is 0 Å². The Bertz CT molecular complexity index is 873. The molecule has 0 unspecified atom stereocenters. The van der Waals surface area contributed by atoms with Crippen LogP contribution in [0.3, 0.4) is 0 Å². The molecule has 0 N–H and O–H groups in total. The Labute approximate surface area is 165 Å². The molecule has 0 spiro atoms. The lowest BCUT2D eigenvalue weighted by Gasteiger charge is -2.23. The number of rotatable bonds is 7. The van der Waals surface area contributed by atoms with Crippen LogP contribution in [-0.4, -0.2) is 25.0 Å². The number of methoxy groups -OCH3 is 1. The van der Waals surface area contributed by atoms with Crippen LogP contribution in [0.4, 0.5) is 4.39 Å². The lowest BCUT2D eigenvalue weighted by molar-refractivity contribution is -0.130. The minimum absolute atomic E-state index is 0.00827. The van der Waals surface area contributed by atoms with Crippen LogP contribution in [0.2, 0.25) is 0 Å². The Morgan fingerprint density at radius 3 is 2.04 bits per heavy atom. The van der Waals surface area contributed by atoms with Gasteiger partial charge in [-0.1, -0.05) is 66.7 Å². The zero-order valence-electron chi connectivity index (χ0n) is 16.1. The minimum Gasteiger partial charge on any atom is -0.494 e. The van der Waals surface area contributed by atoms with Crippen molar-refractivity contribution in [1.29, 1.82) is 0 Å². The zero-order valence-corrected chi connectivity index (χ0v) is 16.1. The summed E-state index contributed by atoms with van der Waals surface area (Å²) in [5, 5.41) is 0. The number of ether oxygens (including phenoxy) is 1. The van der Waals surface area contributed by atoms with E-state index in [1.165, 1.54) is 13.2 Å². The highest BCUT2D eigenvalue weighted by molar-refractivity contribution is 5.77. The Balaban J connectivity index is 1.75. The summed E-state index contributed by atoms with van der Waals surface area (Å²) in [4.78, 5) is 14.6. The van der Waals surface area contributed by atoms with E-state index in [2.05, 4.69) is 0 Å². The van der Waals surface area contributed by atoms with Crippen LogP contribution >= 0.6 is 0 Å². The highest BCUT2D eigenvalue weighted by Crippen LogP contribution is 2.28. The van der Waals surface area contributed by atoms with E-state index in [1.54, 1.807) is 24.1 Å². The van der Waals surface area contributed by atoms with Gasteiger partial charge in [-0.25, -0.2) is 4.39 Å². The van der Waals surface area contributed by atoms with Crippen LogP contribution in [0.25, 0.3) is 0 Å². The number of hydrogen-bond acceptors (Lipinski definition) is 2. The standard InChI is InChI=1S/C24H24FNO2/c1-26(17-18-13-14-23(28-2)22(25)15-18)24(27)16-21(19-9-5-3-6-10-19)20-11-7-4-8-12-20/h3-15,21H,16-17H2,1-2H3. The molecule has 0 aromatic heterocycles. The van der Waals surface area contributed by atoms with E-state index >= 15 is 0 Å². The van der Waals surface area contributed by atoms with E-state index in [0.717, 1.165) is 16.7 Å². The molecule has 0 aliphatic heterocycles. The fourth-order valence-corrected chi connectivity index (χ4v) is 3.30. The van der Waals surface area contributed by atoms with Gasteiger partial charge >= 0.3 is 0 Å². The van der Waals surface area contributed by atoms with Crippen molar-refractivity contribution < 1.29 is 13.9 Å². The van der Waals surface area contributed by atoms with Crippen LogP contribution in [-0.2, 0) is 11.3 Å². The van der Waals surface area contributed by atoms with Crippen molar-refractivity contribution in [3.05, 3.63) is 101 Å². The predicted octanol–water partition coefficient (Wildman–Crippen LogP) is 5.01. The minimum atomic E-state index is -0.424. The Morgan fingerprint density at radius 1 is 0.964 bits per heavy atom. The maximum atomic E-state index is 13.9. The number of hydrogen-bond donors (Lipinski definition) is 0. The number of nitrogens with zero attached hydrogens (tertiary/aromatic N) is 1. The molecule has 1 amide bonds. The van der Waals surface area contributed by atoms with Gasteiger partial charge in [0, 0.05) is 25.9 Å². The summed E-state index contributed by atoms with van der Waals surface area (Å²) in [5.41, 5.74) is 2.93. The second kappa shape index (κ2) is 9.18. The topological polar surface area (TPSA) is 29.5 Å². The zero-order chi connectivity index (χ0) is 19.9. The van der Waals surface area contributed by atoms with Gasteiger partial charge in [0.2, 0.25) is 5.91 Å². The van der Waals surface area contributed by atoms with Crippen molar-refractivity contribution in [2.75, 3.05) is 14.2 Å². The molecule has 0 fully saturated rings. The predicted molar refractivity (Wildman–Crippen MR) is 109 cm³/mol. The molecule has 0 aliphatic rings. The van der Waals surface area contributed by atoms with Crippen LogP contribution < -0.4 is 4.74 Å². The largest absolute Gasteiger partial charge is 0.494 e. The van der Waals surface area contributed by atoms with E-state index in [-0.39, 0.29) is 17.6 Å². The van der Waals surface area contributed by atoms with E-state index in [0.29, 0.717) is 13.0 Å². The van der Waals surface area contributed by atoms with Gasteiger partial charge in [0.05, 0.1) is 7.11 Å². The molecule has 0 radical (unpaired) electrons. The lowest BCUT2D eigenvalue weighted by atomic mass is 9.88. The fraction of sp³-hybridized carbons (Fsp3) is 0.208. The van der Waals surface area contributed by atoms with Gasteiger partial charge in [-0.05, 0) is 28.8 Å². The Hall–Kier alpha value is -3.14. The first kappa shape index (κ1) is 19.6. The van der Waals surface area contributed by atoms with Crippen molar-refractivity contribution >= 4 is 5.91 Å². The average molecular weight is 377 g/mol. The van der Waals surface area contributed by atoms with Crippen LogP contribution in [0, 0.1) is 5.82 Å². The Morgan fingerprint density at radius 2 is 1.54 bits per heavy atom. The molecular formula is C24H24FNO2. The molecule has 144 valence electrons. The van der Waals surface area contributed by atoms with E-state index < -0.39 is 5.82 Å². The first-order valence-corrected chi connectivity index (χ1v) is 9.24. The smallest absolute Gasteiger partial charge is 0.223 e. The van der Waals surface area contributed by atoms with Crippen LogP contribution in [0.1, 0.15) is 29.0 Å². The van der Waals surface area contributed by atoms with E-state index in [4.69, 9.17) is 4.74 Å². The third-order valence-electron chi connectivity index (χ3n) is 4.84. The number of amides is 1. The van der Waals surface area contributed by atoms with Crippen LogP contribution in [0.5, 0.6) is 5.75 Å². The molecule has 0 bridgehead atoms. The summed E-state index contributed by atoms with van der Waals surface area (Å²) >= 11 is 0. The first-order chi connectivity index (χ1) is 13.6. The summed E-state index contributed by atoms with van der Waals surface area (Å²) < 4.78 is 18.9. The molecule has 3 aromatic rings. The first-order valence-electron chi connectivity index (χ1n) is 9.24. The highest BCUT2D eigenvalue weighted by atomic mass is 19.1. The summed E-state index contributed by atoms with van der Waals surface area (Å²) in [5.74, 6) is -0.239. The number of halogens is 1. The van der Waals surface area contributed by atoms with Gasteiger partial charge in [0.25, 0.3) is 0 Å². The van der Waals surface area contributed by atoms with Gasteiger partial charge in [-0.15, -0.1) is 0 Å². The Kier molecular flexibility index (Phi) is 6.43. The SMILES string of the molecule is COc1ccc(CN(C)C(=O)CC(c2ccccc2)c2ccccc2)cc1F. The van der Waals surface area contributed by atoms with Gasteiger partial charge in [-0.2, -0.15) is 0 Å². The second-order valence-electron chi connectivity index (χ2n) is 6.80. The normalized spacial score (nSPS) is 10.7. The molecular weight excluding hydrogens is 353 g/mol. The molecule has 0 saturated carbocycles. The molecule has 28 heavy (non-hydrogen) atoms. The molecule has 0 aliphatic carbocycles. The number of benzene rings is 3. The second-order valence-corrected chi connectivity index (χ2v) is 6.80. The van der Waals surface area contributed by atoms with Gasteiger partial charge < -0.3 is 9.64 Å². The van der Waals surface area contributed by atoms with E-state index in [9.17, 15) is 9.18 Å². The molecule has 0 atom stereocenters. The molecule has 3 rings (SSSR count). The average Bonchev–Trinajstić information content (AvgIpc) is 2.73. The molecule has 4 heteroatoms. The summed E-state index contributed by atoms with van der Waals surface area (Å²) in [6.45, 7) is 0.343. The molecule has 0 heterocycles. The summed E-state index contributed by atoms with van der Waals surface area (Å²) in [6.07, 6.45) is 0.350. The monoisotopic (exact) mass is 377 g/mol.